The zero-order chi connectivity index (χ0) is 19.6. The van der Waals surface area contributed by atoms with Crippen LogP contribution in [-0.2, 0) is 13.6 Å². The van der Waals surface area contributed by atoms with E-state index in [2.05, 4.69) is 20.6 Å². The Morgan fingerprint density at radius 3 is 2.56 bits per heavy atom. The molecule has 3 rings (SSSR count). The van der Waals surface area contributed by atoms with Crippen LogP contribution in [0.5, 0.6) is 11.5 Å². The van der Waals surface area contributed by atoms with Crippen LogP contribution >= 0.6 is 0 Å². The molecule has 0 saturated heterocycles. The Hall–Kier alpha value is -3.29. The number of hydrogen-bond donors (Lipinski definition) is 2. The van der Waals surface area contributed by atoms with Gasteiger partial charge >= 0.3 is 0 Å². The van der Waals surface area contributed by atoms with Crippen molar-refractivity contribution in [1.29, 1.82) is 0 Å². The van der Waals surface area contributed by atoms with E-state index in [0.29, 0.717) is 29.4 Å². The van der Waals surface area contributed by atoms with Crippen LogP contribution in [0, 0.1) is 13.8 Å². The summed E-state index contributed by atoms with van der Waals surface area (Å²) in [7, 11) is 5.05. The van der Waals surface area contributed by atoms with Gasteiger partial charge in [0.25, 0.3) is 5.91 Å². The molecule has 0 fully saturated rings. The van der Waals surface area contributed by atoms with Crippen LogP contribution in [0.25, 0.3) is 11.3 Å². The summed E-state index contributed by atoms with van der Waals surface area (Å²) in [5.41, 5.74) is 4.81. The van der Waals surface area contributed by atoms with Crippen LogP contribution < -0.4 is 14.8 Å². The molecule has 142 valence electrons. The first kappa shape index (κ1) is 18.5. The largest absolute Gasteiger partial charge is 0.493 e. The number of benzene rings is 1. The summed E-state index contributed by atoms with van der Waals surface area (Å²) in [6.07, 6.45) is 0. The zero-order valence-corrected chi connectivity index (χ0v) is 16.1. The maximum Gasteiger partial charge on any atom is 0.269 e. The van der Waals surface area contributed by atoms with E-state index < -0.39 is 0 Å². The molecule has 0 unspecified atom stereocenters. The summed E-state index contributed by atoms with van der Waals surface area (Å²) in [6, 6.07) is 7.26. The van der Waals surface area contributed by atoms with E-state index in [-0.39, 0.29) is 5.91 Å². The number of carbonyl (C=O) groups is 1. The van der Waals surface area contributed by atoms with Gasteiger partial charge in [0, 0.05) is 24.8 Å². The number of aromatic amines is 1. The number of methoxy groups -OCH3 is 2. The third-order valence-corrected chi connectivity index (χ3v) is 4.49. The summed E-state index contributed by atoms with van der Waals surface area (Å²) < 4.78 is 12.3. The normalized spacial score (nSPS) is 10.7. The van der Waals surface area contributed by atoms with Gasteiger partial charge in [-0.2, -0.15) is 10.2 Å². The van der Waals surface area contributed by atoms with Crippen molar-refractivity contribution in [1.82, 2.24) is 25.3 Å². The Morgan fingerprint density at radius 2 is 1.93 bits per heavy atom. The fourth-order valence-corrected chi connectivity index (χ4v) is 2.98. The van der Waals surface area contributed by atoms with E-state index >= 15 is 0 Å². The van der Waals surface area contributed by atoms with Crippen LogP contribution in [0.3, 0.4) is 0 Å². The molecular formula is C19H23N5O3. The highest BCUT2D eigenvalue weighted by Gasteiger charge is 2.17. The van der Waals surface area contributed by atoms with Crippen molar-refractivity contribution in [3.63, 3.8) is 0 Å². The lowest BCUT2D eigenvalue weighted by Crippen LogP contribution is -2.23. The van der Waals surface area contributed by atoms with E-state index in [1.54, 1.807) is 25.0 Å². The second-order valence-corrected chi connectivity index (χ2v) is 6.21. The van der Waals surface area contributed by atoms with E-state index in [1.165, 1.54) is 0 Å². The van der Waals surface area contributed by atoms with Gasteiger partial charge in [0.15, 0.2) is 11.5 Å². The van der Waals surface area contributed by atoms with Gasteiger partial charge < -0.3 is 14.8 Å². The maximum atomic E-state index is 12.5. The van der Waals surface area contributed by atoms with Gasteiger partial charge in [0.1, 0.15) is 5.69 Å². The minimum absolute atomic E-state index is 0.234. The summed E-state index contributed by atoms with van der Waals surface area (Å²) >= 11 is 0. The van der Waals surface area contributed by atoms with Gasteiger partial charge in [0.2, 0.25) is 0 Å². The van der Waals surface area contributed by atoms with Gasteiger partial charge in [0.05, 0.1) is 25.6 Å². The molecule has 2 aromatic heterocycles. The number of nitrogens with one attached hydrogen (secondary N) is 2. The fraction of sp³-hybridized carbons (Fsp3) is 0.316. The number of rotatable bonds is 6. The number of nitrogens with zero attached hydrogens (tertiary/aromatic N) is 3. The minimum Gasteiger partial charge on any atom is -0.493 e. The van der Waals surface area contributed by atoms with Gasteiger partial charge in [-0.1, -0.05) is 6.07 Å². The van der Waals surface area contributed by atoms with Crippen LogP contribution in [0.15, 0.2) is 24.3 Å². The Bertz CT molecular complexity index is 974. The SMILES string of the molecule is COc1ccc(CNC(=O)c2cc(-c3c(C)nn(C)c3C)n[nH]2)cc1OC. The van der Waals surface area contributed by atoms with Gasteiger partial charge in [-0.3, -0.25) is 14.6 Å². The smallest absolute Gasteiger partial charge is 0.269 e. The Kier molecular flexibility index (Phi) is 5.16. The number of ether oxygens (including phenoxy) is 2. The molecule has 8 heteroatoms. The number of aromatic nitrogens is 4. The quantitative estimate of drug-likeness (QED) is 0.696. The fourth-order valence-electron chi connectivity index (χ4n) is 2.98. The first-order valence-electron chi connectivity index (χ1n) is 8.49. The maximum absolute atomic E-state index is 12.5. The summed E-state index contributed by atoms with van der Waals surface area (Å²) in [5, 5.41) is 14.3. The molecule has 0 spiro atoms. The summed E-state index contributed by atoms with van der Waals surface area (Å²) in [4.78, 5) is 12.5. The zero-order valence-electron chi connectivity index (χ0n) is 16.1. The van der Waals surface area contributed by atoms with E-state index in [4.69, 9.17) is 9.47 Å². The average Bonchev–Trinajstić information content (AvgIpc) is 3.24. The molecule has 0 saturated carbocycles. The van der Waals surface area contributed by atoms with Crippen molar-refractivity contribution < 1.29 is 14.3 Å². The summed E-state index contributed by atoms with van der Waals surface area (Å²) in [5.74, 6) is 1.03. The van der Waals surface area contributed by atoms with Crippen LogP contribution in [0.4, 0.5) is 0 Å². The predicted molar refractivity (Wildman–Crippen MR) is 101 cm³/mol. The van der Waals surface area contributed by atoms with Gasteiger partial charge in [-0.05, 0) is 37.6 Å². The second-order valence-electron chi connectivity index (χ2n) is 6.21. The van der Waals surface area contributed by atoms with E-state index in [9.17, 15) is 4.79 Å². The van der Waals surface area contributed by atoms with Gasteiger partial charge in [-0.15, -0.1) is 0 Å². The average molecular weight is 369 g/mol. The molecule has 2 heterocycles. The second kappa shape index (κ2) is 7.53. The lowest BCUT2D eigenvalue weighted by atomic mass is 10.1. The predicted octanol–water partition coefficient (Wildman–Crippen LogP) is 2.37. The Labute approximate surface area is 157 Å². The number of aryl methyl sites for hydroxylation is 2. The molecule has 1 aromatic carbocycles. The first-order chi connectivity index (χ1) is 12.9. The lowest BCUT2D eigenvalue weighted by molar-refractivity contribution is 0.0946. The minimum atomic E-state index is -0.234. The molecule has 0 atom stereocenters. The van der Waals surface area contributed by atoms with E-state index in [1.807, 2.05) is 39.1 Å². The van der Waals surface area contributed by atoms with Gasteiger partial charge in [-0.25, -0.2) is 0 Å². The summed E-state index contributed by atoms with van der Waals surface area (Å²) in [6.45, 7) is 4.26. The van der Waals surface area contributed by atoms with Crippen LogP contribution in [0.2, 0.25) is 0 Å². The molecule has 0 bridgehead atoms. The van der Waals surface area contributed by atoms with Crippen molar-refractivity contribution in [3.8, 4) is 22.8 Å². The highest BCUT2D eigenvalue weighted by molar-refractivity contribution is 5.93. The number of amides is 1. The third-order valence-electron chi connectivity index (χ3n) is 4.49. The lowest BCUT2D eigenvalue weighted by Gasteiger charge is -2.10. The van der Waals surface area contributed by atoms with E-state index in [0.717, 1.165) is 22.5 Å². The first-order valence-corrected chi connectivity index (χ1v) is 8.49. The Morgan fingerprint density at radius 1 is 1.19 bits per heavy atom. The molecule has 0 aliphatic carbocycles. The molecule has 0 radical (unpaired) electrons. The third kappa shape index (κ3) is 3.64. The van der Waals surface area contributed by atoms with Crippen LogP contribution in [0.1, 0.15) is 27.4 Å². The molecule has 3 aromatic rings. The number of H-pyrrole nitrogens is 1. The van der Waals surface area contributed by atoms with Crippen molar-refractivity contribution in [3.05, 3.63) is 46.9 Å². The number of hydrogen-bond acceptors (Lipinski definition) is 5. The highest BCUT2D eigenvalue weighted by Crippen LogP contribution is 2.28. The molecule has 8 nitrogen and oxygen atoms in total. The van der Waals surface area contributed by atoms with Crippen molar-refractivity contribution in [2.75, 3.05) is 14.2 Å². The topological polar surface area (TPSA) is 94.1 Å². The highest BCUT2D eigenvalue weighted by atomic mass is 16.5. The molecule has 0 aliphatic rings. The van der Waals surface area contributed by atoms with Crippen molar-refractivity contribution in [2.45, 2.75) is 20.4 Å². The van der Waals surface area contributed by atoms with Crippen LogP contribution in [-0.4, -0.2) is 40.1 Å². The molecule has 0 aliphatic heterocycles. The molecule has 1 amide bonds. The molecular weight excluding hydrogens is 346 g/mol. The standard InChI is InChI=1S/C19H23N5O3/c1-11-18(12(2)24(3)23-11)14-9-15(22-21-14)19(25)20-10-13-6-7-16(26-4)17(8-13)27-5/h6-9H,10H2,1-5H3,(H,20,25)(H,21,22). The molecule has 27 heavy (non-hydrogen) atoms. The number of carbonyl (C=O) groups excluding carboxylic acids is 1. The molecule has 2 N–H and O–H groups in total. The van der Waals surface area contributed by atoms with Crippen molar-refractivity contribution in [2.24, 2.45) is 7.05 Å². The van der Waals surface area contributed by atoms with Crippen molar-refractivity contribution >= 4 is 5.91 Å². The Balaban J connectivity index is 1.72. The monoisotopic (exact) mass is 369 g/mol.